The highest BCUT2D eigenvalue weighted by Gasteiger charge is 2.20. The molecule has 0 spiro atoms. The Kier molecular flexibility index (Phi) is 3.90. The Morgan fingerprint density at radius 2 is 2.15 bits per heavy atom. The average molecular weight is 289 g/mol. The lowest BCUT2D eigenvalue weighted by Crippen LogP contribution is -2.15. The number of benzene rings is 1. The molecule has 1 heterocycles. The number of aromatic nitrogens is 1. The maximum absolute atomic E-state index is 6.09. The molecule has 0 aliphatic heterocycles. The number of nitrogens with zero attached hydrogens (tertiary/aromatic N) is 1. The van der Waals surface area contributed by atoms with Crippen LogP contribution in [0.5, 0.6) is 11.5 Å². The van der Waals surface area contributed by atoms with Gasteiger partial charge in [-0.25, -0.2) is 0 Å². The number of hydrogen-bond acceptors (Lipinski definition) is 3. The van der Waals surface area contributed by atoms with Crippen LogP contribution in [0.15, 0.2) is 36.5 Å². The third-order valence-electron chi connectivity index (χ3n) is 3.36. The molecular formula is C16H17ClN2O. The normalized spacial score (nSPS) is 14.3. The van der Waals surface area contributed by atoms with Crippen molar-refractivity contribution in [2.75, 3.05) is 0 Å². The van der Waals surface area contributed by atoms with Crippen molar-refractivity contribution in [2.24, 2.45) is 0 Å². The first-order valence-corrected chi connectivity index (χ1v) is 7.21. The molecule has 104 valence electrons. The number of hydrogen-bond donors (Lipinski definition) is 1. The number of rotatable bonds is 5. The van der Waals surface area contributed by atoms with Gasteiger partial charge in [0.2, 0.25) is 0 Å². The van der Waals surface area contributed by atoms with Gasteiger partial charge in [0.05, 0.1) is 5.69 Å². The topological polar surface area (TPSA) is 34.1 Å². The van der Waals surface area contributed by atoms with Crippen LogP contribution in [-0.2, 0) is 6.54 Å². The Morgan fingerprint density at radius 3 is 2.90 bits per heavy atom. The van der Waals surface area contributed by atoms with E-state index >= 15 is 0 Å². The molecule has 0 bridgehead atoms. The lowest BCUT2D eigenvalue weighted by molar-refractivity contribution is 0.466. The summed E-state index contributed by atoms with van der Waals surface area (Å²) in [5.74, 6) is 1.61. The van der Waals surface area contributed by atoms with Crippen molar-refractivity contribution in [3.63, 3.8) is 0 Å². The summed E-state index contributed by atoms with van der Waals surface area (Å²) in [6.45, 7) is 2.72. The predicted octanol–water partition coefficient (Wildman–Crippen LogP) is 4.09. The van der Waals surface area contributed by atoms with E-state index in [4.69, 9.17) is 16.3 Å². The lowest BCUT2D eigenvalue weighted by Gasteiger charge is -2.13. The molecule has 1 aliphatic rings. The zero-order valence-electron chi connectivity index (χ0n) is 11.4. The quantitative estimate of drug-likeness (QED) is 0.900. The van der Waals surface area contributed by atoms with Crippen LogP contribution in [0.2, 0.25) is 5.02 Å². The molecule has 2 aromatic rings. The van der Waals surface area contributed by atoms with Crippen molar-refractivity contribution in [3.8, 4) is 11.5 Å². The van der Waals surface area contributed by atoms with E-state index in [0.717, 1.165) is 34.3 Å². The molecule has 0 radical (unpaired) electrons. The highest BCUT2D eigenvalue weighted by Crippen LogP contribution is 2.30. The molecule has 0 amide bonds. The first kappa shape index (κ1) is 13.4. The van der Waals surface area contributed by atoms with E-state index in [9.17, 15) is 0 Å². The molecule has 0 atom stereocenters. The predicted molar refractivity (Wildman–Crippen MR) is 80.4 cm³/mol. The monoisotopic (exact) mass is 288 g/mol. The highest BCUT2D eigenvalue weighted by atomic mass is 35.5. The van der Waals surface area contributed by atoms with Crippen molar-refractivity contribution in [2.45, 2.75) is 32.4 Å². The van der Waals surface area contributed by atoms with Crippen molar-refractivity contribution in [3.05, 3.63) is 52.8 Å². The molecule has 20 heavy (non-hydrogen) atoms. The fraction of sp³-hybridized carbons (Fsp3) is 0.312. The Balaban J connectivity index is 1.82. The van der Waals surface area contributed by atoms with E-state index in [0.29, 0.717) is 6.04 Å². The van der Waals surface area contributed by atoms with Crippen LogP contribution in [0.4, 0.5) is 0 Å². The molecule has 4 heteroatoms. The van der Waals surface area contributed by atoms with E-state index in [1.54, 1.807) is 6.20 Å². The summed E-state index contributed by atoms with van der Waals surface area (Å²) >= 11 is 6.09. The molecule has 3 nitrogen and oxygen atoms in total. The van der Waals surface area contributed by atoms with Crippen molar-refractivity contribution in [1.82, 2.24) is 10.3 Å². The van der Waals surface area contributed by atoms with Gasteiger partial charge in [-0.05, 0) is 50.1 Å². The minimum atomic E-state index is 0.655. The summed E-state index contributed by atoms with van der Waals surface area (Å²) in [7, 11) is 0. The second-order valence-corrected chi connectivity index (χ2v) is 5.53. The standard InChI is InChI=1S/C16H17ClN2O/c1-11-15(3-2-8-18-11)20-16-7-4-13(17)9-12(16)10-19-14-5-6-14/h2-4,7-9,14,19H,5-6,10H2,1H3. The third-order valence-corrected chi connectivity index (χ3v) is 3.59. The van der Waals surface area contributed by atoms with Crippen LogP contribution < -0.4 is 10.1 Å². The molecule has 1 saturated carbocycles. The Morgan fingerprint density at radius 1 is 1.30 bits per heavy atom. The summed E-state index contributed by atoms with van der Waals surface area (Å²) in [6, 6.07) is 10.2. The van der Waals surface area contributed by atoms with Gasteiger partial charge in [-0.1, -0.05) is 11.6 Å². The summed E-state index contributed by atoms with van der Waals surface area (Å²) in [5.41, 5.74) is 1.95. The van der Waals surface area contributed by atoms with Crippen LogP contribution in [-0.4, -0.2) is 11.0 Å². The van der Waals surface area contributed by atoms with Gasteiger partial charge in [0.25, 0.3) is 0 Å². The number of aryl methyl sites for hydroxylation is 1. The maximum atomic E-state index is 6.09. The first-order chi connectivity index (χ1) is 9.72. The molecule has 1 N–H and O–H groups in total. The van der Waals surface area contributed by atoms with Crippen molar-refractivity contribution < 1.29 is 4.74 Å². The van der Waals surface area contributed by atoms with Crippen LogP contribution in [0.1, 0.15) is 24.1 Å². The highest BCUT2D eigenvalue weighted by molar-refractivity contribution is 6.30. The molecule has 1 aromatic heterocycles. The van der Waals surface area contributed by atoms with Gasteiger partial charge in [0.15, 0.2) is 0 Å². The Labute approximate surface area is 123 Å². The first-order valence-electron chi connectivity index (χ1n) is 6.83. The maximum Gasteiger partial charge on any atom is 0.148 e. The average Bonchev–Trinajstić information content (AvgIpc) is 3.25. The molecule has 1 aliphatic carbocycles. The molecule has 0 unspecified atom stereocenters. The summed E-state index contributed by atoms with van der Waals surface area (Å²) < 4.78 is 5.99. The van der Waals surface area contributed by atoms with Crippen LogP contribution >= 0.6 is 11.6 Å². The minimum Gasteiger partial charge on any atom is -0.455 e. The Hall–Kier alpha value is -1.58. The van der Waals surface area contributed by atoms with Gasteiger partial charge in [-0.2, -0.15) is 0 Å². The molecule has 3 rings (SSSR count). The van der Waals surface area contributed by atoms with Gasteiger partial charge >= 0.3 is 0 Å². The van der Waals surface area contributed by atoms with E-state index < -0.39 is 0 Å². The van der Waals surface area contributed by atoms with Gasteiger partial charge in [0.1, 0.15) is 11.5 Å². The minimum absolute atomic E-state index is 0.655. The SMILES string of the molecule is Cc1ncccc1Oc1ccc(Cl)cc1CNC1CC1. The van der Waals surface area contributed by atoms with Gasteiger partial charge < -0.3 is 10.1 Å². The summed E-state index contributed by atoms with van der Waals surface area (Å²) in [4.78, 5) is 4.24. The number of pyridine rings is 1. The third kappa shape index (κ3) is 3.30. The van der Waals surface area contributed by atoms with Gasteiger partial charge in [0, 0.05) is 29.4 Å². The van der Waals surface area contributed by atoms with Crippen LogP contribution in [0, 0.1) is 6.92 Å². The largest absolute Gasteiger partial charge is 0.455 e. The second kappa shape index (κ2) is 5.81. The smallest absolute Gasteiger partial charge is 0.148 e. The number of nitrogens with one attached hydrogen (secondary N) is 1. The fourth-order valence-corrected chi connectivity index (χ4v) is 2.22. The number of ether oxygens (including phenoxy) is 1. The van der Waals surface area contributed by atoms with E-state index in [1.165, 1.54) is 12.8 Å². The molecule has 1 fully saturated rings. The fourth-order valence-electron chi connectivity index (χ4n) is 2.02. The van der Waals surface area contributed by atoms with Crippen LogP contribution in [0.25, 0.3) is 0 Å². The van der Waals surface area contributed by atoms with E-state index in [2.05, 4.69) is 10.3 Å². The van der Waals surface area contributed by atoms with Gasteiger partial charge in [-0.15, -0.1) is 0 Å². The zero-order valence-corrected chi connectivity index (χ0v) is 12.2. The van der Waals surface area contributed by atoms with E-state index in [-0.39, 0.29) is 0 Å². The van der Waals surface area contributed by atoms with Crippen molar-refractivity contribution >= 4 is 11.6 Å². The molecular weight excluding hydrogens is 272 g/mol. The van der Waals surface area contributed by atoms with Gasteiger partial charge in [-0.3, -0.25) is 4.98 Å². The Bertz CT molecular complexity index is 611. The molecule has 0 saturated heterocycles. The lowest BCUT2D eigenvalue weighted by atomic mass is 10.2. The van der Waals surface area contributed by atoms with Crippen molar-refractivity contribution in [1.29, 1.82) is 0 Å². The number of halogens is 1. The summed E-state index contributed by atoms with van der Waals surface area (Å²) in [5, 5.41) is 4.22. The van der Waals surface area contributed by atoms with E-state index in [1.807, 2.05) is 37.3 Å². The summed E-state index contributed by atoms with van der Waals surface area (Å²) in [6.07, 6.45) is 4.29. The van der Waals surface area contributed by atoms with Crippen LogP contribution in [0.3, 0.4) is 0 Å². The zero-order chi connectivity index (χ0) is 13.9. The second-order valence-electron chi connectivity index (χ2n) is 5.10. The molecule has 1 aromatic carbocycles.